The standard InChI is InChI=1S/C21H26N6O5S/c22-13(21(29)30)6-7-33-9-14-17(31-8-12-4-2-1-3-5-12)16(28)20(32-14)27-11-26-15-18(23)24-10-25-19(15)27/h1-5,10-11,13-14,16-17,20,28H,6-9,22H2,(H,29,30)(H2,23,24,25)/t13-,14+,16+,17+,20+/m0/s1. The van der Waals surface area contributed by atoms with Crippen LogP contribution in [0.4, 0.5) is 5.82 Å². The maximum atomic E-state index is 11.1. The molecule has 176 valence electrons. The van der Waals surface area contributed by atoms with Gasteiger partial charge in [-0.2, -0.15) is 11.8 Å². The molecular formula is C21H26N6O5S. The van der Waals surface area contributed by atoms with Gasteiger partial charge in [-0.3, -0.25) is 9.36 Å². The molecule has 0 radical (unpaired) electrons. The van der Waals surface area contributed by atoms with Crippen LogP contribution in [0.5, 0.6) is 0 Å². The molecule has 0 unspecified atom stereocenters. The van der Waals surface area contributed by atoms with Crippen LogP contribution in [0.15, 0.2) is 43.0 Å². The van der Waals surface area contributed by atoms with E-state index in [9.17, 15) is 9.90 Å². The van der Waals surface area contributed by atoms with Crippen molar-refractivity contribution in [3.05, 3.63) is 48.5 Å². The summed E-state index contributed by atoms with van der Waals surface area (Å²) in [6.45, 7) is 0.309. The molecular weight excluding hydrogens is 448 g/mol. The molecule has 0 amide bonds. The number of rotatable bonds is 10. The predicted octanol–water partition coefficient (Wildman–Crippen LogP) is 0.787. The first-order valence-corrected chi connectivity index (χ1v) is 11.6. The van der Waals surface area contributed by atoms with Gasteiger partial charge in [0.2, 0.25) is 0 Å². The molecule has 3 aromatic rings. The Morgan fingerprint density at radius 3 is 2.82 bits per heavy atom. The Bertz CT molecular complexity index is 1080. The molecule has 4 rings (SSSR count). The minimum Gasteiger partial charge on any atom is -0.480 e. The third-order valence-electron chi connectivity index (χ3n) is 5.43. The molecule has 1 aliphatic rings. The summed E-state index contributed by atoms with van der Waals surface area (Å²) in [5, 5.41) is 20.1. The summed E-state index contributed by atoms with van der Waals surface area (Å²) >= 11 is 1.50. The first-order chi connectivity index (χ1) is 16.0. The highest BCUT2D eigenvalue weighted by Gasteiger charge is 2.46. The predicted molar refractivity (Wildman–Crippen MR) is 122 cm³/mol. The molecule has 0 bridgehead atoms. The lowest BCUT2D eigenvalue weighted by Gasteiger charge is -2.21. The normalized spacial score (nSPS) is 23.7. The highest BCUT2D eigenvalue weighted by Crippen LogP contribution is 2.35. The molecule has 1 aliphatic heterocycles. The topological polar surface area (TPSA) is 172 Å². The van der Waals surface area contributed by atoms with Gasteiger partial charge in [-0.15, -0.1) is 0 Å². The van der Waals surface area contributed by atoms with Crippen molar-refractivity contribution in [1.29, 1.82) is 0 Å². The number of nitrogens with two attached hydrogens (primary N) is 2. The molecule has 1 aromatic carbocycles. The highest BCUT2D eigenvalue weighted by atomic mass is 32.2. The Morgan fingerprint density at radius 2 is 2.06 bits per heavy atom. The van der Waals surface area contributed by atoms with Gasteiger partial charge in [-0.1, -0.05) is 30.3 Å². The van der Waals surface area contributed by atoms with Crippen LogP contribution in [0.3, 0.4) is 0 Å². The van der Waals surface area contributed by atoms with Crippen molar-refractivity contribution in [2.45, 2.75) is 43.6 Å². The number of anilines is 1. The Morgan fingerprint density at radius 1 is 1.27 bits per heavy atom. The number of nitrogens with zero attached hydrogens (tertiary/aromatic N) is 4. The lowest BCUT2D eigenvalue weighted by Crippen LogP contribution is -2.35. The Balaban J connectivity index is 1.49. The number of carboxylic acids is 1. The van der Waals surface area contributed by atoms with Crippen molar-refractivity contribution in [2.75, 3.05) is 17.2 Å². The molecule has 3 heterocycles. The van der Waals surface area contributed by atoms with E-state index in [1.165, 1.54) is 24.4 Å². The zero-order valence-corrected chi connectivity index (χ0v) is 18.5. The molecule has 5 atom stereocenters. The largest absolute Gasteiger partial charge is 0.480 e. The van der Waals surface area contributed by atoms with Gasteiger partial charge in [-0.25, -0.2) is 15.0 Å². The first-order valence-electron chi connectivity index (χ1n) is 10.4. The summed E-state index contributed by atoms with van der Waals surface area (Å²) in [6, 6.07) is 8.74. The number of carboxylic acid groups (broad SMARTS) is 1. The summed E-state index contributed by atoms with van der Waals surface area (Å²) in [7, 11) is 0. The minimum atomic E-state index is -1.03. The fourth-order valence-electron chi connectivity index (χ4n) is 3.65. The Hall–Kier alpha value is -2.77. The molecule has 11 nitrogen and oxygen atoms in total. The van der Waals surface area contributed by atoms with Crippen molar-refractivity contribution in [3.63, 3.8) is 0 Å². The number of nitrogen functional groups attached to an aromatic ring is 1. The van der Waals surface area contributed by atoms with Crippen LogP contribution in [0.1, 0.15) is 18.2 Å². The fourth-order valence-corrected chi connectivity index (χ4v) is 4.73. The number of hydrogen-bond donors (Lipinski definition) is 4. The van der Waals surface area contributed by atoms with Gasteiger partial charge in [0.25, 0.3) is 0 Å². The maximum absolute atomic E-state index is 11.1. The number of aromatic nitrogens is 4. The van der Waals surface area contributed by atoms with E-state index < -0.39 is 36.6 Å². The van der Waals surface area contributed by atoms with Gasteiger partial charge < -0.3 is 31.2 Å². The summed E-state index contributed by atoms with van der Waals surface area (Å²) in [5.74, 6) is 0.242. The summed E-state index contributed by atoms with van der Waals surface area (Å²) in [4.78, 5) is 23.4. The van der Waals surface area contributed by atoms with Crippen LogP contribution in [-0.2, 0) is 20.9 Å². The molecule has 12 heteroatoms. The molecule has 0 saturated carbocycles. The maximum Gasteiger partial charge on any atom is 0.320 e. The van der Waals surface area contributed by atoms with Gasteiger partial charge >= 0.3 is 5.97 Å². The van der Waals surface area contributed by atoms with Crippen LogP contribution in [0.25, 0.3) is 11.2 Å². The van der Waals surface area contributed by atoms with E-state index in [0.717, 1.165) is 5.56 Å². The smallest absolute Gasteiger partial charge is 0.320 e. The van der Waals surface area contributed by atoms with Crippen molar-refractivity contribution in [3.8, 4) is 0 Å². The third-order valence-corrected chi connectivity index (χ3v) is 6.52. The van der Waals surface area contributed by atoms with Crippen molar-refractivity contribution in [1.82, 2.24) is 19.5 Å². The average molecular weight is 475 g/mol. The van der Waals surface area contributed by atoms with Gasteiger partial charge in [-0.05, 0) is 17.7 Å². The Labute approximate surface area is 194 Å². The van der Waals surface area contributed by atoms with Crippen molar-refractivity contribution in [2.24, 2.45) is 5.73 Å². The fraction of sp³-hybridized carbons (Fsp3) is 0.429. The molecule has 0 spiro atoms. The zero-order chi connectivity index (χ0) is 23.4. The van der Waals surface area contributed by atoms with Crippen LogP contribution in [0.2, 0.25) is 0 Å². The van der Waals surface area contributed by atoms with E-state index in [-0.39, 0.29) is 5.82 Å². The molecule has 0 aliphatic carbocycles. The number of aliphatic hydroxyl groups is 1. The number of ether oxygens (including phenoxy) is 2. The highest BCUT2D eigenvalue weighted by molar-refractivity contribution is 7.99. The summed E-state index contributed by atoms with van der Waals surface area (Å²) < 4.78 is 13.9. The van der Waals surface area contributed by atoms with Crippen LogP contribution in [-0.4, -0.2) is 71.6 Å². The number of benzene rings is 1. The van der Waals surface area contributed by atoms with Gasteiger partial charge in [0.05, 0.1) is 19.0 Å². The van der Waals surface area contributed by atoms with E-state index in [1.807, 2.05) is 30.3 Å². The molecule has 1 saturated heterocycles. The van der Waals surface area contributed by atoms with Gasteiger partial charge in [0, 0.05) is 5.75 Å². The monoisotopic (exact) mass is 474 g/mol. The number of fused-ring (bicyclic) bond motifs is 1. The number of aliphatic hydroxyl groups excluding tert-OH is 1. The van der Waals surface area contributed by atoms with Crippen LogP contribution < -0.4 is 11.5 Å². The number of hydrogen-bond acceptors (Lipinski definition) is 10. The lowest BCUT2D eigenvalue weighted by atomic mass is 10.1. The molecule has 33 heavy (non-hydrogen) atoms. The third kappa shape index (κ3) is 5.25. The Kier molecular flexibility index (Phi) is 7.40. The molecule has 2 aromatic heterocycles. The number of imidazole rings is 1. The van der Waals surface area contributed by atoms with Crippen molar-refractivity contribution < 1.29 is 24.5 Å². The number of carbonyl (C=O) groups is 1. The average Bonchev–Trinajstić information content (AvgIpc) is 3.37. The van der Waals surface area contributed by atoms with E-state index in [1.54, 1.807) is 4.57 Å². The van der Waals surface area contributed by atoms with E-state index in [2.05, 4.69) is 15.0 Å². The lowest BCUT2D eigenvalue weighted by molar-refractivity contribution is -0.138. The second-order valence-corrected chi connectivity index (χ2v) is 8.86. The van der Waals surface area contributed by atoms with Crippen molar-refractivity contribution >= 4 is 34.7 Å². The van der Waals surface area contributed by atoms with E-state index >= 15 is 0 Å². The first kappa shape index (κ1) is 23.4. The number of thioether (sulfide) groups is 1. The van der Waals surface area contributed by atoms with Crippen LogP contribution in [0, 0.1) is 0 Å². The second kappa shape index (κ2) is 10.4. The van der Waals surface area contributed by atoms with E-state index in [0.29, 0.717) is 35.7 Å². The molecule has 1 fully saturated rings. The quantitative estimate of drug-likeness (QED) is 0.306. The number of aliphatic carboxylic acids is 1. The SMILES string of the molecule is Nc1ncnc2c1ncn2[C@@H]1O[C@H](CSCC[C@H](N)C(=O)O)[C@@H](OCc2ccccc2)[C@H]1O. The zero-order valence-electron chi connectivity index (χ0n) is 17.7. The van der Waals surface area contributed by atoms with E-state index in [4.69, 9.17) is 26.0 Å². The minimum absolute atomic E-state index is 0.241. The van der Waals surface area contributed by atoms with Crippen LogP contribution >= 0.6 is 11.8 Å². The second-order valence-electron chi connectivity index (χ2n) is 7.71. The summed E-state index contributed by atoms with van der Waals surface area (Å²) in [5.41, 5.74) is 13.3. The van der Waals surface area contributed by atoms with Gasteiger partial charge in [0.1, 0.15) is 30.1 Å². The molecule has 6 N–H and O–H groups in total. The summed E-state index contributed by atoms with van der Waals surface area (Å²) in [6.07, 6.45) is 0.338. The van der Waals surface area contributed by atoms with Gasteiger partial charge in [0.15, 0.2) is 17.7 Å².